The molecule has 0 aromatic heterocycles. The maximum atomic E-state index is 5.55. The van der Waals surface area contributed by atoms with Crippen LogP contribution < -0.4 is 10.6 Å². The van der Waals surface area contributed by atoms with Crippen LogP contribution in [0.25, 0.3) is 11.4 Å². The zero-order valence-corrected chi connectivity index (χ0v) is 16.8. The molecule has 2 aromatic rings. The number of nitrogens with one attached hydrogen (secondary N) is 2. The molecule has 0 aliphatic carbocycles. The molecule has 0 atom stereocenters. The van der Waals surface area contributed by atoms with Crippen molar-refractivity contribution in [2.45, 2.75) is 26.9 Å². The normalized spacial score (nSPS) is 16.8. The van der Waals surface area contributed by atoms with Crippen LogP contribution in [0.5, 0.6) is 0 Å². The predicted molar refractivity (Wildman–Crippen MR) is 116 cm³/mol. The molecule has 4 nitrogen and oxygen atoms in total. The zero-order chi connectivity index (χ0) is 19.6. The molecule has 28 heavy (non-hydrogen) atoms. The van der Waals surface area contributed by atoms with E-state index in [2.05, 4.69) is 71.3 Å². The molecule has 2 N–H and O–H groups in total. The van der Waals surface area contributed by atoms with Gasteiger partial charge in [0, 0.05) is 37.7 Å². The minimum atomic E-state index is 0.591. The molecule has 0 radical (unpaired) electrons. The Balaban J connectivity index is 1.98. The van der Waals surface area contributed by atoms with Crippen molar-refractivity contribution in [1.82, 2.24) is 10.6 Å². The van der Waals surface area contributed by atoms with E-state index in [1.54, 1.807) is 0 Å². The summed E-state index contributed by atoms with van der Waals surface area (Å²) in [5.41, 5.74) is 6.99. The number of rotatable bonds is 6. The van der Waals surface area contributed by atoms with Crippen LogP contribution in [0.4, 0.5) is 0 Å². The van der Waals surface area contributed by atoms with Crippen molar-refractivity contribution in [3.8, 4) is 0 Å². The maximum absolute atomic E-state index is 5.55. The first-order chi connectivity index (χ1) is 13.8. The van der Waals surface area contributed by atoms with Gasteiger partial charge in [0.15, 0.2) is 0 Å². The molecule has 4 heteroatoms. The van der Waals surface area contributed by atoms with Crippen LogP contribution in [0, 0.1) is 0 Å². The standard InChI is InChI=1S/C24H30N2O2/c1-3-27-14-12-23-21-6-5-7-22(16-21)24(13-15-28-4-2)26-18-20-10-8-19(9-11-20)17-25-23/h5-13,16,25-26H,3-4,14-15,17-18H2,1-2H3/b23-12-,24-13-. The van der Waals surface area contributed by atoms with Crippen molar-refractivity contribution in [3.63, 3.8) is 0 Å². The Morgan fingerprint density at radius 2 is 1.21 bits per heavy atom. The van der Waals surface area contributed by atoms with Crippen LogP contribution in [-0.2, 0) is 22.6 Å². The third kappa shape index (κ3) is 5.72. The van der Waals surface area contributed by atoms with Gasteiger partial charge in [-0.05, 0) is 54.3 Å². The highest BCUT2D eigenvalue weighted by Crippen LogP contribution is 2.20. The van der Waals surface area contributed by atoms with Crippen LogP contribution in [0.2, 0.25) is 0 Å². The Bertz CT molecular complexity index is 745. The summed E-state index contributed by atoms with van der Waals surface area (Å²) in [5, 5.41) is 7.17. The largest absolute Gasteiger partial charge is 0.381 e. The first kappa shape index (κ1) is 20.2. The first-order valence-electron chi connectivity index (χ1n) is 10.0. The molecule has 2 aromatic carbocycles. The molecule has 148 valence electrons. The molecular formula is C24H30N2O2. The van der Waals surface area contributed by atoms with Gasteiger partial charge >= 0.3 is 0 Å². The lowest BCUT2D eigenvalue weighted by Gasteiger charge is -2.15. The van der Waals surface area contributed by atoms with Crippen LogP contribution in [0.1, 0.15) is 36.1 Å². The second kappa shape index (κ2) is 10.7. The summed E-state index contributed by atoms with van der Waals surface area (Å²) in [6.07, 6.45) is 4.24. The lowest BCUT2D eigenvalue weighted by molar-refractivity contribution is 0.177. The fourth-order valence-electron chi connectivity index (χ4n) is 3.13. The van der Waals surface area contributed by atoms with Gasteiger partial charge in [0.25, 0.3) is 0 Å². The molecule has 0 amide bonds. The number of fused-ring (bicyclic) bond motifs is 6. The highest BCUT2D eigenvalue weighted by atomic mass is 16.5. The Morgan fingerprint density at radius 1 is 0.750 bits per heavy atom. The lowest BCUT2D eigenvalue weighted by atomic mass is 10.0. The van der Waals surface area contributed by atoms with E-state index >= 15 is 0 Å². The molecule has 0 saturated heterocycles. The quantitative estimate of drug-likeness (QED) is 0.734. The van der Waals surface area contributed by atoms with Crippen LogP contribution >= 0.6 is 0 Å². The summed E-state index contributed by atoms with van der Waals surface area (Å²) < 4.78 is 11.1. The van der Waals surface area contributed by atoms with E-state index in [9.17, 15) is 0 Å². The van der Waals surface area contributed by atoms with Gasteiger partial charge in [0.1, 0.15) is 0 Å². The van der Waals surface area contributed by atoms with Gasteiger partial charge in [0.05, 0.1) is 13.2 Å². The van der Waals surface area contributed by atoms with E-state index in [4.69, 9.17) is 9.47 Å². The van der Waals surface area contributed by atoms with E-state index in [1.165, 1.54) is 11.1 Å². The zero-order valence-electron chi connectivity index (χ0n) is 16.8. The summed E-state index contributed by atoms with van der Waals surface area (Å²) in [7, 11) is 0. The fourth-order valence-corrected chi connectivity index (χ4v) is 3.13. The van der Waals surface area contributed by atoms with Crippen LogP contribution in [0.3, 0.4) is 0 Å². The molecule has 0 spiro atoms. The van der Waals surface area contributed by atoms with Crippen molar-refractivity contribution in [3.05, 3.63) is 82.9 Å². The monoisotopic (exact) mass is 378 g/mol. The Kier molecular flexibility index (Phi) is 7.71. The van der Waals surface area contributed by atoms with Gasteiger partial charge in [-0.1, -0.05) is 42.5 Å². The second-order valence-electron chi connectivity index (χ2n) is 6.66. The van der Waals surface area contributed by atoms with Crippen LogP contribution in [0.15, 0.2) is 60.7 Å². The summed E-state index contributed by atoms with van der Waals surface area (Å²) in [4.78, 5) is 0. The minimum Gasteiger partial charge on any atom is -0.381 e. The third-order valence-electron chi connectivity index (χ3n) is 4.69. The van der Waals surface area contributed by atoms with Gasteiger partial charge in [0.2, 0.25) is 0 Å². The summed E-state index contributed by atoms with van der Waals surface area (Å²) >= 11 is 0. The van der Waals surface area contributed by atoms with E-state index in [0.29, 0.717) is 26.4 Å². The third-order valence-corrected chi connectivity index (χ3v) is 4.69. The van der Waals surface area contributed by atoms with Gasteiger partial charge in [-0.15, -0.1) is 0 Å². The van der Waals surface area contributed by atoms with E-state index in [-0.39, 0.29) is 0 Å². The second-order valence-corrected chi connectivity index (χ2v) is 6.66. The van der Waals surface area contributed by atoms with Crippen molar-refractivity contribution in [1.29, 1.82) is 0 Å². The number of ether oxygens (including phenoxy) is 2. The van der Waals surface area contributed by atoms with Crippen molar-refractivity contribution < 1.29 is 9.47 Å². The average Bonchev–Trinajstić information content (AvgIpc) is 2.74. The van der Waals surface area contributed by atoms with Crippen LogP contribution in [-0.4, -0.2) is 26.4 Å². The molecule has 0 fully saturated rings. The molecule has 4 bridgehead atoms. The van der Waals surface area contributed by atoms with Crippen molar-refractivity contribution in [2.24, 2.45) is 0 Å². The van der Waals surface area contributed by atoms with Gasteiger partial charge in [-0.2, -0.15) is 0 Å². The van der Waals surface area contributed by atoms with E-state index in [1.807, 2.05) is 13.8 Å². The SMILES string of the molecule is CCOC/C=C1\NCc2ccc(cc2)CN/C(=C\COCC)c2cccc1c2. The molecular weight excluding hydrogens is 348 g/mol. The fraction of sp³-hybridized carbons (Fsp3) is 0.333. The lowest BCUT2D eigenvalue weighted by Crippen LogP contribution is -2.13. The van der Waals surface area contributed by atoms with Gasteiger partial charge in [-0.3, -0.25) is 0 Å². The van der Waals surface area contributed by atoms with Crippen molar-refractivity contribution in [2.75, 3.05) is 26.4 Å². The molecule has 0 unspecified atom stereocenters. The summed E-state index contributed by atoms with van der Waals surface area (Å²) in [6, 6.07) is 17.3. The van der Waals surface area contributed by atoms with E-state index < -0.39 is 0 Å². The minimum absolute atomic E-state index is 0.591. The smallest absolute Gasteiger partial charge is 0.0670 e. The van der Waals surface area contributed by atoms with Crippen molar-refractivity contribution >= 4 is 11.4 Å². The van der Waals surface area contributed by atoms with Gasteiger partial charge in [-0.25, -0.2) is 0 Å². The first-order valence-corrected chi connectivity index (χ1v) is 10.0. The maximum Gasteiger partial charge on any atom is 0.0670 e. The Hall–Kier alpha value is -2.56. The Morgan fingerprint density at radius 3 is 1.64 bits per heavy atom. The molecule has 4 rings (SSSR count). The predicted octanol–water partition coefficient (Wildman–Crippen LogP) is 4.33. The molecule has 2 aliphatic heterocycles. The highest BCUT2D eigenvalue weighted by molar-refractivity contribution is 5.71. The number of hydrogen-bond acceptors (Lipinski definition) is 4. The molecule has 0 saturated carbocycles. The topological polar surface area (TPSA) is 42.5 Å². The summed E-state index contributed by atoms with van der Waals surface area (Å²) in [6.45, 7) is 8.19. The Labute approximate surface area is 168 Å². The molecule has 2 heterocycles. The highest BCUT2D eigenvalue weighted by Gasteiger charge is 2.08. The molecule has 2 aliphatic rings. The average molecular weight is 379 g/mol. The summed E-state index contributed by atoms with van der Waals surface area (Å²) in [5.74, 6) is 0. The van der Waals surface area contributed by atoms with Gasteiger partial charge < -0.3 is 20.1 Å². The number of benzene rings is 2. The number of hydrogen-bond donors (Lipinski definition) is 2. The van der Waals surface area contributed by atoms with E-state index in [0.717, 1.165) is 35.6 Å².